The number of rotatable bonds is 21. The number of nitrogens with one attached hydrogen (secondary N) is 1. The molecule has 0 atom stereocenters. The van der Waals surface area contributed by atoms with E-state index in [4.69, 9.17) is 23.7 Å². The first-order chi connectivity index (χ1) is 12.8. The van der Waals surface area contributed by atoms with Crippen molar-refractivity contribution in [1.82, 2.24) is 5.32 Å². The van der Waals surface area contributed by atoms with Crippen LogP contribution in [0.2, 0.25) is 0 Å². The molecule has 0 radical (unpaired) electrons. The summed E-state index contributed by atoms with van der Waals surface area (Å²) in [7, 11) is 0. The normalized spacial score (nSPS) is 10.8. The quantitative estimate of drug-likeness (QED) is 0.244. The fourth-order valence-electron chi connectivity index (χ4n) is 1.79. The minimum atomic E-state index is -0.0339. The third kappa shape index (κ3) is 21.1. The molecule has 1 N–H and O–H groups in total. The summed E-state index contributed by atoms with van der Waals surface area (Å²) < 4.78 is 26.8. The Hall–Kier alpha value is -0.990. The van der Waals surface area contributed by atoms with E-state index in [1.807, 2.05) is 6.08 Å². The maximum Gasteiger partial charge on any atom is 0.222 e. The molecule has 7 heteroatoms. The molecule has 0 aliphatic carbocycles. The first-order valence-corrected chi connectivity index (χ1v) is 9.57. The molecule has 0 aliphatic heterocycles. The molecule has 0 spiro atoms. The second-order valence-electron chi connectivity index (χ2n) is 5.59. The Morgan fingerprint density at radius 1 is 0.808 bits per heavy atom. The topological polar surface area (TPSA) is 75.2 Å². The molecule has 0 aromatic heterocycles. The summed E-state index contributed by atoms with van der Waals surface area (Å²) >= 11 is 0. The fraction of sp³-hybridized carbons (Fsp3) is 0.842. The third-order valence-electron chi connectivity index (χ3n) is 3.27. The summed E-state index contributed by atoms with van der Waals surface area (Å²) in [4.78, 5) is 11.6. The minimum absolute atomic E-state index is 0.0339. The summed E-state index contributed by atoms with van der Waals surface area (Å²) in [6, 6.07) is 0. The number of hydrogen-bond donors (Lipinski definition) is 1. The van der Waals surface area contributed by atoms with Crippen LogP contribution in [-0.2, 0) is 28.5 Å². The fourth-order valence-corrected chi connectivity index (χ4v) is 1.79. The van der Waals surface area contributed by atoms with Gasteiger partial charge in [-0.3, -0.25) is 4.79 Å². The molecule has 0 saturated heterocycles. The van der Waals surface area contributed by atoms with E-state index in [1.54, 1.807) is 0 Å². The summed E-state index contributed by atoms with van der Waals surface area (Å²) in [5.41, 5.74) is 0. The van der Waals surface area contributed by atoms with Gasteiger partial charge in [-0.25, -0.2) is 0 Å². The number of hydrogen-bond acceptors (Lipinski definition) is 6. The highest BCUT2D eigenvalue weighted by Gasteiger charge is 2.00. The highest BCUT2D eigenvalue weighted by atomic mass is 16.5. The van der Waals surface area contributed by atoms with Gasteiger partial charge in [0, 0.05) is 19.6 Å². The zero-order chi connectivity index (χ0) is 19.1. The highest BCUT2D eigenvalue weighted by molar-refractivity contribution is 5.75. The Kier molecular flexibility index (Phi) is 21.2. The van der Waals surface area contributed by atoms with Crippen molar-refractivity contribution < 1.29 is 28.5 Å². The molecule has 0 saturated carbocycles. The van der Waals surface area contributed by atoms with Gasteiger partial charge >= 0.3 is 0 Å². The average molecular weight is 376 g/mol. The van der Waals surface area contributed by atoms with E-state index in [2.05, 4.69) is 18.8 Å². The molecule has 1 amide bonds. The van der Waals surface area contributed by atoms with Gasteiger partial charge in [-0.05, 0) is 12.8 Å². The highest BCUT2D eigenvalue weighted by Crippen LogP contribution is 1.89. The predicted octanol–water partition coefficient (Wildman–Crippen LogP) is 1.95. The molecule has 0 bridgehead atoms. The van der Waals surface area contributed by atoms with Crippen LogP contribution in [0, 0.1) is 0 Å². The van der Waals surface area contributed by atoms with Crippen molar-refractivity contribution in [3.8, 4) is 0 Å². The van der Waals surface area contributed by atoms with Crippen LogP contribution in [0.1, 0.15) is 32.6 Å². The molecule has 0 aromatic rings. The molecule has 0 rings (SSSR count). The molecule has 7 nitrogen and oxygen atoms in total. The van der Waals surface area contributed by atoms with Gasteiger partial charge in [0.15, 0.2) is 0 Å². The van der Waals surface area contributed by atoms with Crippen molar-refractivity contribution in [1.29, 1.82) is 0 Å². The molecule has 154 valence electrons. The van der Waals surface area contributed by atoms with E-state index < -0.39 is 0 Å². The first-order valence-electron chi connectivity index (χ1n) is 9.57. The van der Waals surface area contributed by atoms with Gasteiger partial charge in [0.25, 0.3) is 0 Å². The Morgan fingerprint density at radius 3 is 1.96 bits per heavy atom. The van der Waals surface area contributed by atoms with Crippen molar-refractivity contribution in [3.63, 3.8) is 0 Å². The van der Waals surface area contributed by atoms with Crippen molar-refractivity contribution in [2.75, 3.05) is 72.6 Å². The van der Waals surface area contributed by atoms with Crippen LogP contribution in [0.4, 0.5) is 0 Å². The van der Waals surface area contributed by atoms with Gasteiger partial charge in [-0.1, -0.05) is 19.4 Å². The van der Waals surface area contributed by atoms with Crippen LogP contribution in [0.5, 0.6) is 0 Å². The van der Waals surface area contributed by atoms with Crippen LogP contribution in [0.25, 0.3) is 0 Å². The number of amides is 1. The lowest BCUT2D eigenvalue weighted by atomic mass is 10.4. The third-order valence-corrected chi connectivity index (χ3v) is 3.27. The van der Waals surface area contributed by atoms with E-state index in [0.717, 1.165) is 25.9 Å². The standard InChI is InChI=1S/C19H37NO6/c1-3-5-9-22-13-15-24-11-7-19(21)20-8-12-25-16-18-26-17-14-23-10-6-4-2/h4H,2-3,5-18H2,1H3,(H,20,21). The average Bonchev–Trinajstić information content (AvgIpc) is 2.65. The van der Waals surface area contributed by atoms with Crippen LogP contribution < -0.4 is 5.32 Å². The predicted molar refractivity (Wildman–Crippen MR) is 101 cm³/mol. The second-order valence-corrected chi connectivity index (χ2v) is 5.59. The maximum absolute atomic E-state index is 11.6. The van der Waals surface area contributed by atoms with E-state index in [1.165, 1.54) is 0 Å². The van der Waals surface area contributed by atoms with E-state index in [-0.39, 0.29) is 5.91 Å². The van der Waals surface area contributed by atoms with Crippen molar-refractivity contribution >= 4 is 5.91 Å². The zero-order valence-corrected chi connectivity index (χ0v) is 16.3. The first kappa shape index (κ1) is 25.0. The van der Waals surface area contributed by atoms with Gasteiger partial charge in [0.1, 0.15) is 0 Å². The van der Waals surface area contributed by atoms with E-state index >= 15 is 0 Å². The molecule has 0 aromatic carbocycles. The minimum Gasteiger partial charge on any atom is -0.379 e. The summed E-state index contributed by atoms with van der Waals surface area (Å²) in [6.07, 6.45) is 5.23. The van der Waals surface area contributed by atoms with Crippen LogP contribution >= 0.6 is 0 Å². The summed E-state index contributed by atoms with van der Waals surface area (Å²) in [5, 5.41) is 2.79. The van der Waals surface area contributed by atoms with Crippen molar-refractivity contribution in [2.24, 2.45) is 0 Å². The maximum atomic E-state index is 11.6. The van der Waals surface area contributed by atoms with Crippen molar-refractivity contribution in [2.45, 2.75) is 32.6 Å². The van der Waals surface area contributed by atoms with Crippen LogP contribution in [0.15, 0.2) is 12.7 Å². The Morgan fingerprint density at radius 2 is 1.35 bits per heavy atom. The van der Waals surface area contributed by atoms with E-state index in [9.17, 15) is 4.79 Å². The second kappa shape index (κ2) is 22.1. The largest absolute Gasteiger partial charge is 0.379 e. The lowest BCUT2D eigenvalue weighted by Gasteiger charge is -2.08. The number of carbonyl (C=O) groups is 1. The SMILES string of the molecule is C=CCCOCCOCCOCCNC(=O)CCOCCOCCCC. The molecule has 0 unspecified atom stereocenters. The number of unbranched alkanes of at least 4 members (excludes halogenated alkanes) is 1. The van der Waals surface area contributed by atoms with Gasteiger partial charge < -0.3 is 29.0 Å². The van der Waals surface area contributed by atoms with Crippen molar-refractivity contribution in [3.05, 3.63) is 12.7 Å². The van der Waals surface area contributed by atoms with Crippen LogP contribution in [-0.4, -0.2) is 78.5 Å². The van der Waals surface area contributed by atoms with Gasteiger partial charge in [0.2, 0.25) is 5.91 Å². The number of ether oxygens (including phenoxy) is 5. The molecule has 0 heterocycles. The monoisotopic (exact) mass is 375 g/mol. The molecule has 0 aliphatic rings. The molecule has 26 heavy (non-hydrogen) atoms. The number of carbonyl (C=O) groups excluding carboxylic acids is 1. The lowest BCUT2D eigenvalue weighted by Crippen LogP contribution is -2.28. The molecule has 0 fully saturated rings. The Balaban J connectivity index is 3.14. The van der Waals surface area contributed by atoms with E-state index in [0.29, 0.717) is 72.4 Å². The molecular weight excluding hydrogens is 338 g/mol. The Bertz CT molecular complexity index is 314. The smallest absolute Gasteiger partial charge is 0.222 e. The summed E-state index contributed by atoms with van der Waals surface area (Å²) in [5.74, 6) is -0.0339. The Labute approximate surface area is 158 Å². The van der Waals surface area contributed by atoms with Gasteiger partial charge in [-0.15, -0.1) is 6.58 Å². The van der Waals surface area contributed by atoms with Gasteiger partial charge in [0.05, 0.1) is 59.5 Å². The zero-order valence-electron chi connectivity index (χ0n) is 16.3. The lowest BCUT2D eigenvalue weighted by molar-refractivity contribution is -0.122. The van der Waals surface area contributed by atoms with Crippen LogP contribution in [0.3, 0.4) is 0 Å². The van der Waals surface area contributed by atoms with Gasteiger partial charge in [-0.2, -0.15) is 0 Å². The molecular formula is C19H37NO6. The summed E-state index contributed by atoms with van der Waals surface area (Å²) in [6.45, 7) is 11.8.